The van der Waals surface area contributed by atoms with Gasteiger partial charge in [-0.2, -0.15) is 0 Å². The second-order valence-corrected chi connectivity index (χ2v) is 5.29. The van der Waals surface area contributed by atoms with Gasteiger partial charge in [-0.3, -0.25) is 4.79 Å². The number of carbonyl (C=O) groups excluding carboxylic acids is 1. The average molecular weight is 293 g/mol. The first-order valence-electron chi connectivity index (χ1n) is 6.18. The molecule has 0 atom stereocenters. The SMILES string of the molecule is O=C(CCCc1ccccc1)c1cc(Cl)cc(Cl)c1. The van der Waals surface area contributed by atoms with Crippen LogP contribution in [0.2, 0.25) is 10.0 Å². The number of aryl methyl sites for hydroxylation is 1. The van der Waals surface area contributed by atoms with E-state index >= 15 is 0 Å². The van der Waals surface area contributed by atoms with Crippen LogP contribution < -0.4 is 0 Å². The van der Waals surface area contributed by atoms with E-state index in [9.17, 15) is 4.79 Å². The lowest BCUT2D eigenvalue weighted by Gasteiger charge is -2.03. The molecule has 1 nitrogen and oxygen atoms in total. The fourth-order valence-electron chi connectivity index (χ4n) is 1.96. The third-order valence-electron chi connectivity index (χ3n) is 2.90. The Balaban J connectivity index is 1.91. The molecule has 0 saturated heterocycles. The van der Waals surface area contributed by atoms with Crippen molar-refractivity contribution in [2.75, 3.05) is 0 Å². The van der Waals surface area contributed by atoms with E-state index in [1.165, 1.54) is 5.56 Å². The molecule has 0 aliphatic rings. The molecule has 0 aromatic heterocycles. The first-order chi connectivity index (χ1) is 9.15. The molecule has 0 bridgehead atoms. The molecule has 0 fully saturated rings. The van der Waals surface area contributed by atoms with Crippen LogP contribution in [0.25, 0.3) is 0 Å². The molecule has 2 rings (SSSR count). The van der Waals surface area contributed by atoms with Crippen LogP contribution in [0.5, 0.6) is 0 Å². The molecule has 0 aliphatic carbocycles. The minimum absolute atomic E-state index is 0.0836. The van der Waals surface area contributed by atoms with E-state index in [-0.39, 0.29) is 5.78 Å². The third kappa shape index (κ3) is 4.38. The zero-order valence-electron chi connectivity index (χ0n) is 10.4. The highest BCUT2D eigenvalue weighted by Crippen LogP contribution is 2.20. The van der Waals surface area contributed by atoms with Gasteiger partial charge in [0.25, 0.3) is 0 Å². The summed E-state index contributed by atoms with van der Waals surface area (Å²) in [4.78, 5) is 12.0. The van der Waals surface area contributed by atoms with Crippen LogP contribution in [-0.2, 0) is 6.42 Å². The zero-order valence-corrected chi connectivity index (χ0v) is 11.9. The molecule has 0 saturated carbocycles. The van der Waals surface area contributed by atoms with Gasteiger partial charge in [0, 0.05) is 22.0 Å². The second-order valence-electron chi connectivity index (χ2n) is 4.42. The van der Waals surface area contributed by atoms with Crippen molar-refractivity contribution in [3.05, 3.63) is 69.7 Å². The fraction of sp³-hybridized carbons (Fsp3) is 0.188. The summed E-state index contributed by atoms with van der Waals surface area (Å²) < 4.78 is 0. The second kappa shape index (κ2) is 6.74. The standard InChI is InChI=1S/C16H14Cl2O/c17-14-9-13(10-15(18)11-14)16(19)8-4-7-12-5-2-1-3-6-12/h1-3,5-6,9-11H,4,7-8H2. The molecule has 19 heavy (non-hydrogen) atoms. The zero-order chi connectivity index (χ0) is 13.7. The van der Waals surface area contributed by atoms with E-state index in [1.807, 2.05) is 18.2 Å². The maximum atomic E-state index is 12.0. The quantitative estimate of drug-likeness (QED) is 0.692. The van der Waals surface area contributed by atoms with Gasteiger partial charge in [0.1, 0.15) is 0 Å². The summed E-state index contributed by atoms with van der Waals surface area (Å²) in [5.74, 6) is 0.0836. The molecule has 2 aromatic rings. The van der Waals surface area contributed by atoms with Crippen molar-refractivity contribution in [3.63, 3.8) is 0 Å². The predicted molar refractivity (Wildman–Crippen MR) is 80.2 cm³/mol. The number of Topliss-reactive ketones (excluding diaryl/α,β-unsaturated/α-hetero) is 1. The molecular weight excluding hydrogens is 279 g/mol. The Bertz CT molecular complexity index is 544. The number of hydrogen-bond donors (Lipinski definition) is 0. The van der Waals surface area contributed by atoms with Gasteiger partial charge in [-0.1, -0.05) is 53.5 Å². The Morgan fingerprint density at radius 3 is 2.21 bits per heavy atom. The van der Waals surface area contributed by atoms with Crippen LogP contribution in [0.3, 0.4) is 0 Å². The average Bonchev–Trinajstić information content (AvgIpc) is 2.38. The van der Waals surface area contributed by atoms with Crippen molar-refractivity contribution in [3.8, 4) is 0 Å². The topological polar surface area (TPSA) is 17.1 Å². The van der Waals surface area contributed by atoms with Crippen molar-refractivity contribution in [1.29, 1.82) is 0 Å². The Hall–Kier alpha value is -1.31. The number of rotatable bonds is 5. The molecule has 0 aliphatic heterocycles. The Morgan fingerprint density at radius 1 is 0.947 bits per heavy atom. The summed E-state index contributed by atoms with van der Waals surface area (Å²) >= 11 is 11.8. The van der Waals surface area contributed by atoms with Gasteiger partial charge in [-0.15, -0.1) is 0 Å². The van der Waals surface area contributed by atoms with Crippen LogP contribution in [0.15, 0.2) is 48.5 Å². The summed E-state index contributed by atoms with van der Waals surface area (Å²) in [5, 5.41) is 0.998. The van der Waals surface area contributed by atoms with E-state index in [0.29, 0.717) is 22.0 Å². The van der Waals surface area contributed by atoms with Gasteiger partial charge in [0.15, 0.2) is 5.78 Å². The van der Waals surface area contributed by atoms with Crippen LogP contribution >= 0.6 is 23.2 Å². The molecular formula is C16H14Cl2O. The highest BCUT2D eigenvalue weighted by atomic mass is 35.5. The summed E-state index contributed by atoms with van der Waals surface area (Å²) in [6.07, 6.45) is 2.24. The molecule has 0 N–H and O–H groups in total. The van der Waals surface area contributed by atoms with E-state index in [0.717, 1.165) is 12.8 Å². The lowest BCUT2D eigenvalue weighted by Crippen LogP contribution is -2.00. The summed E-state index contributed by atoms with van der Waals surface area (Å²) in [6, 6.07) is 15.1. The first kappa shape index (κ1) is 14.1. The normalized spacial score (nSPS) is 10.4. The van der Waals surface area contributed by atoms with Crippen molar-refractivity contribution >= 4 is 29.0 Å². The van der Waals surface area contributed by atoms with Gasteiger partial charge < -0.3 is 0 Å². The predicted octanol–water partition coefficient (Wildman–Crippen LogP) is 5.20. The fourth-order valence-corrected chi connectivity index (χ4v) is 2.48. The minimum atomic E-state index is 0.0836. The highest BCUT2D eigenvalue weighted by Gasteiger charge is 2.08. The van der Waals surface area contributed by atoms with E-state index < -0.39 is 0 Å². The van der Waals surface area contributed by atoms with Crippen molar-refractivity contribution in [2.24, 2.45) is 0 Å². The lowest BCUT2D eigenvalue weighted by atomic mass is 10.0. The highest BCUT2D eigenvalue weighted by molar-refractivity contribution is 6.35. The molecule has 0 spiro atoms. The summed E-state index contributed by atoms with van der Waals surface area (Å²) in [7, 11) is 0. The maximum Gasteiger partial charge on any atom is 0.162 e. The Labute approximate surface area is 123 Å². The van der Waals surface area contributed by atoms with E-state index in [2.05, 4.69) is 12.1 Å². The van der Waals surface area contributed by atoms with Crippen LogP contribution in [0.4, 0.5) is 0 Å². The van der Waals surface area contributed by atoms with Crippen LogP contribution in [0.1, 0.15) is 28.8 Å². The smallest absolute Gasteiger partial charge is 0.162 e. The Morgan fingerprint density at radius 2 is 1.58 bits per heavy atom. The molecule has 0 heterocycles. The maximum absolute atomic E-state index is 12.0. The van der Waals surface area contributed by atoms with Crippen LogP contribution in [-0.4, -0.2) is 5.78 Å². The number of ketones is 1. The number of carbonyl (C=O) groups is 1. The number of hydrogen-bond acceptors (Lipinski definition) is 1. The third-order valence-corrected chi connectivity index (χ3v) is 3.33. The van der Waals surface area contributed by atoms with Gasteiger partial charge in [0.05, 0.1) is 0 Å². The van der Waals surface area contributed by atoms with E-state index in [4.69, 9.17) is 23.2 Å². The molecule has 3 heteroatoms. The molecule has 2 aromatic carbocycles. The number of halogens is 2. The van der Waals surface area contributed by atoms with Crippen molar-refractivity contribution < 1.29 is 4.79 Å². The minimum Gasteiger partial charge on any atom is -0.294 e. The van der Waals surface area contributed by atoms with Gasteiger partial charge in [-0.05, 0) is 36.6 Å². The monoisotopic (exact) mass is 292 g/mol. The van der Waals surface area contributed by atoms with Gasteiger partial charge in [-0.25, -0.2) is 0 Å². The summed E-state index contributed by atoms with van der Waals surface area (Å²) in [6.45, 7) is 0. The molecule has 98 valence electrons. The van der Waals surface area contributed by atoms with Gasteiger partial charge in [0.2, 0.25) is 0 Å². The molecule has 0 unspecified atom stereocenters. The Kier molecular flexibility index (Phi) is 5.00. The van der Waals surface area contributed by atoms with Crippen LogP contribution in [0, 0.1) is 0 Å². The summed E-state index contributed by atoms with van der Waals surface area (Å²) in [5.41, 5.74) is 1.84. The largest absolute Gasteiger partial charge is 0.294 e. The van der Waals surface area contributed by atoms with Gasteiger partial charge >= 0.3 is 0 Å². The lowest BCUT2D eigenvalue weighted by molar-refractivity contribution is 0.0980. The van der Waals surface area contributed by atoms with Crippen molar-refractivity contribution in [2.45, 2.75) is 19.3 Å². The first-order valence-corrected chi connectivity index (χ1v) is 6.94. The van der Waals surface area contributed by atoms with Crippen molar-refractivity contribution in [1.82, 2.24) is 0 Å². The molecule has 0 radical (unpaired) electrons. The molecule has 0 amide bonds. The number of benzene rings is 2. The van der Waals surface area contributed by atoms with E-state index in [1.54, 1.807) is 18.2 Å².